The van der Waals surface area contributed by atoms with Crippen LogP contribution in [0, 0.1) is 5.92 Å². The largest absolute Gasteiger partial charge is 0.359 e. The lowest BCUT2D eigenvalue weighted by molar-refractivity contribution is 0.309. The Labute approximate surface area is 160 Å². The van der Waals surface area contributed by atoms with Gasteiger partial charge in [-0.05, 0) is 55.6 Å². The Morgan fingerprint density at radius 2 is 2.04 bits per heavy atom. The van der Waals surface area contributed by atoms with E-state index < -0.39 is 10.0 Å². The maximum atomic E-state index is 12.5. The van der Waals surface area contributed by atoms with Crippen molar-refractivity contribution in [1.29, 1.82) is 0 Å². The molecule has 2 atom stereocenters. The summed E-state index contributed by atoms with van der Waals surface area (Å²) in [4.78, 5) is 4.37. The van der Waals surface area contributed by atoms with E-state index in [0.29, 0.717) is 41.6 Å². The number of nitrogens with zero attached hydrogens (tertiary/aromatic N) is 1. The molecule has 1 aromatic carbocycles. The van der Waals surface area contributed by atoms with Crippen LogP contribution in [0.4, 0.5) is 5.69 Å². The summed E-state index contributed by atoms with van der Waals surface area (Å²) in [5.41, 5.74) is 0.655. The van der Waals surface area contributed by atoms with E-state index in [4.69, 9.17) is 12.2 Å². The number of hydrogen-bond donors (Lipinski definition) is 3. The summed E-state index contributed by atoms with van der Waals surface area (Å²) in [5.74, 6) is 1.12. The average Bonchev–Trinajstić information content (AvgIpc) is 3.09. The number of aliphatic imine (C=N–C) groups is 1. The molecule has 142 valence electrons. The van der Waals surface area contributed by atoms with Crippen molar-refractivity contribution >= 4 is 38.9 Å². The molecule has 1 aliphatic carbocycles. The fourth-order valence-corrected chi connectivity index (χ4v) is 4.85. The van der Waals surface area contributed by atoms with E-state index in [1.54, 1.807) is 18.2 Å². The molecule has 0 saturated heterocycles. The van der Waals surface area contributed by atoms with Gasteiger partial charge in [-0.15, -0.1) is 0 Å². The second kappa shape index (κ2) is 8.35. The first kappa shape index (κ1) is 19.1. The maximum absolute atomic E-state index is 12.5. The Morgan fingerprint density at radius 1 is 1.23 bits per heavy atom. The third-order valence-corrected chi connectivity index (χ3v) is 6.56. The van der Waals surface area contributed by atoms with Gasteiger partial charge in [-0.1, -0.05) is 25.8 Å². The predicted molar refractivity (Wildman–Crippen MR) is 109 cm³/mol. The van der Waals surface area contributed by atoms with Crippen molar-refractivity contribution < 1.29 is 8.42 Å². The molecular formula is C18H26N4O2S2. The highest BCUT2D eigenvalue weighted by atomic mass is 32.2. The van der Waals surface area contributed by atoms with Gasteiger partial charge in [0.2, 0.25) is 0 Å². The highest BCUT2D eigenvalue weighted by Gasteiger charge is 2.22. The standard InChI is InChI=1S/C18H26N4O2S2/c1-13-6-2-3-9-16(13)21-18(25)20-14-7-4-8-15(12-14)26(23,24)22-17-10-5-11-19-17/h4,7-8,12-13,16H,2-3,5-6,9-11H2,1H3,(H,19,22)(H2,20,21,25)/t13-,16-/m0/s1. The SMILES string of the molecule is C[C@H]1CCCC[C@@H]1NC(=S)Nc1cccc(S(=O)(=O)NC2=NCCC2)c1. The van der Waals surface area contributed by atoms with Gasteiger partial charge in [-0.3, -0.25) is 9.71 Å². The minimum Gasteiger partial charge on any atom is -0.359 e. The van der Waals surface area contributed by atoms with Crippen LogP contribution >= 0.6 is 12.2 Å². The van der Waals surface area contributed by atoms with Gasteiger partial charge in [0, 0.05) is 24.7 Å². The normalized spacial score (nSPS) is 23.2. The van der Waals surface area contributed by atoms with Gasteiger partial charge in [0.1, 0.15) is 5.84 Å². The van der Waals surface area contributed by atoms with Gasteiger partial charge in [0.25, 0.3) is 10.0 Å². The summed E-state index contributed by atoms with van der Waals surface area (Å²) in [6.45, 7) is 2.92. The number of thiocarbonyl (C=S) groups is 1. The summed E-state index contributed by atoms with van der Waals surface area (Å²) >= 11 is 5.42. The van der Waals surface area contributed by atoms with Crippen LogP contribution in [0.5, 0.6) is 0 Å². The molecule has 2 aliphatic rings. The fraction of sp³-hybridized carbons (Fsp3) is 0.556. The van der Waals surface area contributed by atoms with Crippen LogP contribution in [-0.2, 0) is 10.0 Å². The zero-order chi connectivity index (χ0) is 18.6. The zero-order valence-corrected chi connectivity index (χ0v) is 16.6. The molecule has 1 saturated carbocycles. The van der Waals surface area contributed by atoms with E-state index in [9.17, 15) is 8.42 Å². The van der Waals surface area contributed by atoms with Crippen LogP contribution in [0.1, 0.15) is 45.4 Å². The Kier molecular flexibility index (Phi) is 6.13. The van der Waals surface area contributed by atoms with E-state index in [1.807, 2.05) is 6.07 Å². The Hall–Kier alpha value is -1.67. The molecule has 1 aromatic rings. The first-order chi connectivity index (χ1) is 12.4. The quantitative estimate of drug-likeness (QED) is 0.684. The topological polar surface area (TPSA) is 82.6 Å². The monoisotopic (exact) mass is 394 g/mol. The number of rotatable bonds is 4. The molecule has 1 fully saturated rings. The van der Waals surface area contributed by atoms with E-state index >= 15 is 0 Å². The van der Waals surface area contributed by atoms with Crippen molar-refractivity contribution in [2.45, 2.75) is 56.4 Å². The molecule has 1 heterocycles. The highest BCUT2D eigenvalue weighted by Crippen LogP contribution is 2.24. The van der Waals surface area contributed by atoms with E-state index in [-0.39, 0.29) is 4.90 Å². The van der Waals surface area contributed by atoms with Crippen molar-refractivity contribution in [3.63, 3.8) is 0 Å². The van der Waals surface area contributed by atoms with Crippen LogP contribution in [0.2, 0.25) is 0 Å². The van der Waals surface area contributed by atoms with Gasteiger partial charge in [-0.2, -0.15) is 0 Å². The Morgan fingerprint density at radius 3 is 2.77 bits per heavy atom. The third kappa shape index (κ3) is 4.94. The number of nitrogens with one attached hydrogen (secondary N) is 3. The van der Waals surface area contributed by atoms with Gasteiger partial charge in [0.05, 0.1) is 4.90 Å². The lowest BCUT2D eigenvalue weighted by Gasteiger charge is -2.30. The molecule has 0 unspecified atom stereocenters. The molecule has 0 bridgehead atoms. The van der Waals surface area contributed by atoms with E-state index in [0.717, 1.165) is 12.8 Å². The first-order valence-electron chi connectivity index (χ1n) is 9.18. The van der Waals surface area contributed by atoms with Gasteiger partial charge < -0.3 is 10.6 Å². The Bertz CT molecular complexity index is 792. The van der Waals surface area contributed by atoms with Crippen molar-refractivity contribution in [3.05, 3.63) is 24.3 Å². The molecule has 3 N–H and O–H groups in total. The highest BCUT2D eigenvalue weighted by molar-refractivity contribution is 7.90. The molecule has 8 heteroatoms. The van der Waals surface area contributed by atoms with Crippen LogP contribution in [0.25, 0.3) is 0 Å². The molecule has 0 radical (unpaired) electrons. The second-order valence-corrected chi connectivity index (χ2v) is 9.12. The van der Waals surface area contributed by atoms with Crippen molar-refractivity contribution in [3.8, 4) is 0 Å². The molecule has 6 nitrogen and oxygen atoms in total. The molecule has 0 aromatic heterocycles. The molecule has 3 rings (SSSR count). The van der Waals surface area contributed by atoms with Gasteiger partial charge in [-0.25, -0.2) is 8.42 Å². The summed E-state index contributed by atoms with van der Waals surface area (Å²) in [6, 6.07) is 7.06. The van der Waals surface area contributed by atoms with Crippen molar-refractivity contribution in [2.24, 2.45) is 10.9 Å². The smallest absolute Gasteiger partial charge is 0.262 e. The summed E-state index contributed by atoms with van der Waals surface area (Å²) in [7, 11) is -3.62. The number of benzene rings is 1. The number of sulfonamides is 1. The molecular weight excluding hydrogens is 368 g/mol. The molecule has 0 amide bonds. The lowest BCUT2D eigenvalue weighted by Crippen LogP contribution is -2.43. The average molecular weight is 395 g/mol. The zero-order valence-electron chi connectivity index (χ0n) is 15.0. The number of hydrogen-bond acceptors (Lipinski definition) is 4. The Balaban J connectivity index is 1.64. The van der Waals surface area contributed by atoms with Gasteiger partial charge in [0.15, 0.2) is 5.11 Å². The predicted octanol–water partition coefficient (Wildman–Crippen LogP) is 3.02. The third-order valence-electron chi connectivity index (χ3n) is 4.96. The van der Waals surface area contributed by atoms with E-state index in [1.165, 1.54) is 19.3 Å². The van der Waals surface area contributed by atoms with Gasteiger partial charge >= 0.3 is 0 Å². The molecule has 1 aliphatic heterocycles. The fourth-order valence-electron chi connectivity index (χ4n) is 3.44. The van der Waals surface area contributed by atoms with Crippen LogP contribution < -0.4 is 15.4 Å². The molecule has 26 heavy (non-hydrogen) atoms. The number of amidine groups is 1. The molecule has 0 spiro atoms. The first-order valence-corrected chi connectivity index (χ1v) is 11.1. The minimum atomic E-state index is -3.62. The maximum Gasteiger partial charge on any atom is 0.262 e. The lowest BCUT2D eigenvalue weighted by atomic mass is 9.86. The minimum absolute atomic E-state index is 0.200. The summed E-state index contributed by atoms with van der Waals surface area (Å²) in [5, 5.41) is 7.02. The van der Waals surface area contributed by atoms with Crippen LogP contribution in [0.3, 0.4) is 0 Å². The number of anilines is 1. The van der Waals surface area contributed by atoms with E-state index in [2.05, 4.69) is 27.3 Å². The second-order valence-electron chi connectivity index (χ2n) is 7.03. The van der Waals surface area contributed by atoms with Crippen molar-refractivity contribution in [1.82, 2.24) is 10.0 Å². The van der Waals surface area contributed by atoms with Crippen LogP contribution in [0.15, 0.2) is 34.2 Å². The summed E-state index contributed by atoms with van der Waals surface area (Å²) < 4.78 is 27.6. The van der Waals surface area contributed by atoms with Crippen molar-refractivity contribution in [2.75, 3.05) is 11.9 Å². The van der Waals surface area contributed by atoms with Crippen LogP contribution in [-0.4, -0.2) is 32.0 Å². The summed E-state index contributed by atoms with van der Waals surface area (Å²) in [6.07, 6.45) is 6.38.